The molecule has 0 spiro atoms. The van der Waals surface area contributed by atoms with E-state index in [1.807, 2.05) is 48.5 Å². The van der Waals surface area contributed by atoms with Crippen molar-refractivity contribution in [3.05, 3.63) is 101 Å². The minimum atomic E-state index is -1.12. The van der Waals surface area contributed by atoms with Crippen LogP contribution in [-0.2, 0) is 18.7 Å². The summed E-state index contributed by atoms with van der Waals surface area (Å²) in [7, 11) is 0. The summed E-state index contributed by atoms with van der Waals surface area (Å²) < 4.78 is -0.868. The van der Waals surface area contributed by atoms with Crippen LogP contribution in [-0.4, -0.2) is 40.2 Å². The SMILES string of the molecule is O=C(CN1C(=O)[C@@H]2C3c4ccccc4C(Br)(c4ccccc43)[C@@H]2C1=O)Nc1cccc(C(=O)O)c1. The maximum Gasteiger partial charge on any atom is 0.335 e. The van der Waals surface area contributed by atoms with Crippen LogP contribution >= 0.6 is 15.9 Å². The van der Waals surface area contributed by atoms with Crippen LogP contribution in [0.1, 0.15) is 38.5 Å². The molecular weight excluding hydrogens is 512 g/mol. The highest BCUT2D eigenvalue weighted by Gasteiger charge is 2.67. The predicted molar refractivity (Wildman–Crippen MR) is 130 cm³/mol. The Hall–Kier alpha value is -3.78. The van der Waals surface area contributed by atoms with Crippen LogP contribution in [0.2, 0.25) is 0 Å². The van der Waals surface area contributed by atoms with E-state index in [0.29, 0.717) is 0 Å². The van der Waals surface area contributed by atoms with Gasteiger partial charge in [-0.15, -0.1) is 0 Å². The number of benzene rings is 3. The van der Waals surface area contributed by atoms with Crippen molar-refractivity contribution >= 4 is 45.3 Å². The lowest BCUT2D eigenvalue weighted by Crippen LogP contribution is -2.50. The van der Waals surface area contributed by atoms with E-state index in [-0.39, 0.29) is 29.0 Å². The molecule has 0 radical (unpaired) electrons. The van der Waals surface area contributed by atoms with Crippen molar-refractivity contribution in [2.24, 2.45) is 11.8 Å². The summed E-state index contributed by atoms with van der Waals surface area (Å²) in [6.45, 7) is -0.440. The van der Waals surface area contributed by atoms with Crippen molar-refractivity contribution in [3.63, 3.8) is 0 Å². The molecule has 3 aliphatic carbocycles. The summed E-state index contributed by atoms with van der Waals surface area (Å²) >= 11 is 3.92. The Labute approximate surface area is 208 Å². The van der Waals surface area contributed by atoms with Crippen molar-refractivity contribution in [3.8, 4) is 0 Å². The molecule has 0 saturated carbocycles. The minimum Gasteiger partial charge on any atom is -0.478 e. The number of amides is 3. The Bertz CT molecular complexity index is 1400. The second-order valence-electron chi connectivity index (χ2n) is 9.06. The van der Waals surface area contributed by atoms with Crippen molar-refractivity contribution < 1.29 is 24.3 Å². The van der Waals surface area contributed by atoms with E-state index in [9.17, 15) is 24.3 Å². The van der Waals surface area contributed by atoms with E-state index in [4.69, 9.17) is 0 Å². The lowest BCUT2D eigenvalue weighted by molar-refractivity contribution is -0.142. The Balaban J connectivity index is 1.35. The van der Waals surface area contributed by atoms with Crippen molar-refractivity contribution in [2.75, 3.05) is 11.9 Å². The summed E-state index contributed by atoms with van der Waals surface area (Å²) in [5.41, 5.74) is 4.29. The predicted octanol–water partition coefficient (Wildman–Crippen LogP) is 3.72. The molecular formula is C27H19BrN2O5. The van der Waals surface area contributed by atoms with Gasteiger partial charge in [-0.3, -0.25) is 19.3 Å². The topological polar surface area (TPSA) is 104 Å². The molecule has 1 saturated heterocycles. The fraction of sp³-hybridized carbons (Fsp3) is 0.185. The number of nitrogens with zero attached hydrogens (tertiary/aromatic N) is 1. The number of imide groups is 1. The molecule has 2 N–H and O–H groups in total. The van der Waals surface area contributed by atoms with Gasteiger partial charge >= 0.3 is 5.97 Å². The lowest BCUT2D eigenvalue weighted by atomic mass is 9.55. The Kier molecular flexibility index (Phi) is 4.73. The van der Waals surface area contributed by atoms with Gasteiger partial charge in [0.15, 0.2) is 0 Å². The number of carboxylic acids is 1. The molecule has 0 unspecified atom stereocenters. The lowest BCUT2D eigenvalue weighted by Gasteiger charge is -2.51. The van der Waals surface area contributed by atoms with E-state index in [1.165, 1.54) is 18.2 Å². The monoisotopic (exact) mass is 530 g/mol. The van der Waals surface area contributed by atoms with E-state index in [0.717, 1.165) is 27.2 Å². The van der Waals surface area contributed by atoms with Crippen LogP contribution < -0.4 is 5.32 Å². The third-order valence-electron chi connectivity index (χ3n) is 7.30. The van der Waals surface area contributed by atoms with Crippen LogP contribution in [0.3, 0.4) is 0 Å². The third kappa shape index (κ3) is 2.96. The first-order chi connectivity index (χ1) is 16.8. The standard InChI is InChI=1S/C27H19BrN2O5/c28-27-18-10-3-1-8-16(18)21(17-9-2-4-11-19(17)27)22-23(27)25(33)30(24(22)32)13-20(31)29-15-7-5-6-14(12-15)26(34)35/h1-12,21-23H,13H2,(H,29,31)(H,34,35)/t21?,22-,23+,27?/m1/s1. The van der Waals surface area contributed by atoms with Gasteiger partial charge in [0.2, 0.25) is 17.7 Å². The normalized spacial score (nSPS) is 25.6. The third-order valence-corrected chi connectivity index (χ3v) is 8.65. The fourth-order valence-corrected chi connectivity index (χ4v) is 7.17. The van der Waals surface area contributed by atoms with E-state index < -0.39 is 34.6 Å². The number of carbonyl (C=O) groups excluding carboxylic acids is 3. The van der Waals surface area contributed by atoms with Gasteiger partial charge in [-0.05, 0) is 40.5 Å². The average Bonchev–Trinajstić information content (AvgIpc) is 3.10. The fourth-order valence-electron chi connectivity index (χ4n) is 5.97. The van der Waals surface area contributed by atoms with Gasteiger partial charge in [-0.25, -0.2) is 4.79 Å². The molecule has 3 amide bonds. The summed E-state index contributed by atoms with van der Waals surface area (Å²) in [5, 5.41) is 11.8. The maximum absolute atomic E-state index is 13.7. The second kappa shape index (κ2) is 7.61. The van der Waals surface area contributed by atoms with Crippen LogP contribution in [0.15, 0.2) is 72.8 Å². The molecule has 8 heteroatoms. The molecule has 35 heavy (non-hydrogen) atoms. The number of alkyl halides is 1. The first-order valence-electron chi connectivity index (χ1n) is 11.2. The first-order valence-corrected chi connectivity index (χ1v) is 12.0. The number of hydrogen-bond acceptors (Lipinski definition) is 4. The van der Waals surface area contributed by atoms with Crippen molar-refractivity contribution in [1.29, 1.82) is 0 Å². The number of rotatable bonds is 4. The quantitative estimate of drug-likeness (QED) is 0.395. The Morgan fingerprint density at radius 2 is 1.54 bits per heavy atom. The molecule has 174 valence electrons. The number of hydrogen-bond donors (Lipinski definition) is 2. The van der Waals surface area contributed by atoms with Gasteiger partial charge in [0.05, 0.1) is 21.7 Å². The number of likely N-dealkylation sites (tertiary alicyclic amines) is 1. The zero-order chi connectivity index (χ0) is 24.5. The highest BCUT2D eigenvalue weighted by Crippen LogP contribution is 2.66. The van der Waals surface area contributed by atoms with E-state index in [1.54, 1.807) is 6.07 Å². The molecule has 2 bridgehead atoms. The maximum atomic E-state index is 13.7. The number of anilines is 1. The molecule has 1 heterocycles. The molecule has 7 rings (SSSR count). The van der Waals surface area contributed by atoms with Crippen LogP contribution in [0.25, 0.3) is 0 Å². The number of carboxylic acid groups (broad SMARTS) is 1. The summed E-state index contributed by atoms with van der Waals surface area (Å²) in [4.78, 5) is 52.5. The molecule has 3 aromatic carbocycles. The van der Waals surface area contributed by atoms with Gasteiger partial charge in [-0.2, -0.15) is 0 Å². The number of aromatic carboxylic acids is 1. The van der Waals surface area contributed by atoms with Crippen LogP contribution in [0.4, 0.5) is 5.69 Å². The summed E-state index contributed by atoms with van der Waals surface area (Å²) in [5.74, 6) is -4.01. The largest absolute Gasteiger partial charge is 0.478 e. The highest BCUT2D eigenvalue weighted by molar-refractivity contribution is 9.09. The Morgan fingerprint density at radius 1 is 0.914 bits per heavy atom. The Morgan fingerprint density at radius 3 is 2.17 bits per heavy atom. The molecule has 4 aliphatic rings. The summed E-state index contributed by atoms with van der Waals surface area (Å²) in [6, 6.07) is 21.5. The van der Waals surface area contributed by atoms with Crippen LogP contribution in [0, 0.1) is 11.8 Å². The number of nitrogens with one attached hydrogen (secondary N) is 1. The molecule has 2 atom stereocenters. The van der Waals surface area contributed by atoms with E-state index >= 15 is 0 Å². The first kappa shape index (κ1) is 21.7. The number of carbonyl (C=O) groups is 4. The summed E-state index contributed by atoms with van der Waals surface area (Å²) in [6.07, 6.45) is 0. The molecule has 0 aromatic heterocycles. The van der Waals surface area contributed by atoms with Gasteiger partial charge in [0, 0.05) is 11.6 Å². The smallest absolute Gasteiger partial charge is 0.335 e. The highest BCUT2D eigenvalue weighted by atomic mass is 79.9. The van der Waals surface area contributed by atoms with Gasteiger partial charge in [-0.1, -0.05) is 70.5 Å². The second-order valence-corrected chi connectivity index (χ2v) is 10.3. The van der Waals surface area contributed by atoms with Gasteiger partial charge in [0.25, 0.3) is 0 Å². The molecule has 7 nitrogen and oxygen atoms in total. The molecule has 1 aliphatic heterocycles. The zero-order valence-electron chi connectivity index (χ0n) is 18.3. The molecule has 1 fully saturated rings. The average molecular weight is 531 g/mol. The number of halogens is 1. The molecule has 3 aromatic rings. The van der Waals surface area contributed by atoms with Crippen molar-refractivity contribution in [2.45, 2.75) is 10.2 Å². The van der Waals surface area contributed by atoms with Crippen molar-refractivity contribution in [1.82, 2.24) is 4.90 Å². The zero-order valence-corrected chi connectivity index (χ0v) is 19.9. The van der Waals surface area contributed by atoms with Gasteiger partial charge in [0.1, 0.15) is 6.54 Å². The van der Waals surface area contributed by atoms with E-state index in [2.05, 4.69) is 21.2 Å². The minimum absolute atomic E-state index is 0.0236. The van der Waals surface area contributed by atoms with Gasteiger partial charge < -0.3 is 10.4 Å². The van der Waals surface area contributed by atoms with Crippen LogP contribution in [0.5, 0.6) is 0 Å².